The van der Waals surface area contributed by atoms with Gasteiger partial charge in [0.2, 0.25) is 0 Å². The number of carbonyl (C=O) groups is 1. The fraction of sp³-hybridized carbons (Fsp3) is 0.417. The summed E-state index contributed by atoms with van der Waals surface area (Å²) in [5.41, 5.74) is 7.64. The molecule has 0 spiro atoms. The van der Waals surface area contributed by atoms with E-state index in [9.17, 15) is 4.79 Å². The Bertz CT molecular complexity index is 433. The largest absolute Gasteiger partial charge is 0.398 e. The number of carbonyl (C=O) groups excluding carboxylic acids is 1. The second-order valence-corrected chi connectivity index (χ2v) is 4.38. The van der Waals surface area contributed by atoms with Crippen LogP contribution >= 0.6 is 0 Å². The molecule has 16 heavy (non-hydrogen) atoms. The third kappa shape index (κ3) is 1.38. The van der Waals surface area contributed by atoms with Crippen molar-refractivity contribution in [2.45, 2.75) is 25.1 Å². The molecule has 4 nitrogen and oxygen atoms in total. The van der Waals surface area contributed by atoms with Gasteiger partial charge in [-0.3, -0.25) is 4.79 Å². The van der Waals surface area contributed by atoms with E-state index in [-0.39, 0.29) is 18.1 Å². The molecule has 2 heterocycles. The Morgan fingerprint density at radius 2 is 2.25 bits per heavy atom. The summed E-state index contributed by atoms with van der Waals surface area (Å²) in [6.07, 6.45) is 0.640. The van der Waals surface area contributed by atoms with Crippen LogP contribution in [0.1, 0.15) is 12.0 Å². The summed E-state index contributed by atoms with van der Waals surface area (Å²) >= 11 is 0. The van der Waals surface area contributed by atoms with Crippen molar-refractivity contribution in [3.63, 3.8) is 0 Å². The van der Waals surface area contributed by atoms with Crippen LogP contribution in [0, 0.1) is 0 Å². The van der Waals surface area contributed by atoms with Crippen molar-refractivity contribution in [2.24, 2.45) is 0 Å². The number of benzene rings is 1. The highest BCUT2D eigenvalue weighted by atomic mass is 16.5. The van der Waals surface area contributed by atoms with Gasteiger partial charge in [-0.15, -0.1) is 0 Å². The Balaban J connectivity index is 1.81. The van der Waals surface area contributed by atoms with Gasteiger partial charge < -0.3 is 15.4 Å². The van der Waals surface area contributed by atoms with Gasteiger partial charge in [0.15, 0.2) is 0 Å². The molecule has 2 N–H and O–H groups in total. The minimum absolute atomic E-state index is 0.111. The normalized spacial score (nSPS) is 27.8. The van der Waals surface area contributed by atoms with Crippen molar-refractivity contribution in [1.82, 2.24) is 4.90 Å². The molecule has 84 valence electrons. The highest BCUT2D eigenvalue weighted by molar-refractivity contribution is 5.84. The number of morpholine rings is 1. The van der Waals surface area contributed by atoms with Crippen LogP contribution in [0.4, 0.5) is 5.69 Å². The van der Waals surface area contributed by atoms with Crippen LogP contribution in [0.2, 0.25) is 0 Å². The van der Waals surface area contributed by atoms with Crippen LogP contribution < -0.4 is 5.73 Å². The van der Waals surface area contributed by atoms with Gasteiger partial charge in [-0.2, -0.15) is 0 Å². The van der Waals surface area contributed by atoms with Crippen molar-refractivity contribution in [2.75, 3.05) is 12.3 Å². The maximum absolute atomic E-state index is 11.8. The molecule has 4 heteroatoms. The number of nitrogens with two attached hydrogens (primary N) is 1. The van der Waals surface area contributed by atoms with Gasteiger partial charge in [0.25, 0.3) is 5.91 Å². The third-order valence-electron chi connectivity index (χ3n) is 3.37. The molecular formula is C12H14N2O2. The van der Waals surface area contributed by atoms with E-state index < -0.39 is 0 Å². The van der Waals surface area contributed by atoms with E-state index >= 15 is 0 Å². The highest BCUT2D eigenvalue weighted by Crippen LogP contribution is 2.31. The molecule has 2 atom stereocenters. The van der Waals surface area contributed by atoms with E-state index in [1.165, 1.54) is 0 Å². The summed E-state index contributed by atoms with van der Waals surface area (Å²) in [5, 5.41) is 0. The highest BCUT2D eigenvalue weighted by Gasteiger charge is 2.45. The first-order chi connectivity index (χ1) is 7.75. The molecule has 0 aliphatic carbocycles. The lowest BCUT2D eigenvalue weighted by molar-refractivity contribution is -0.144. The van der Waals surface area contributed by atoms with E-state index in [1.807, 2.05) is 29.2 Å². The molecule has 0 saturated carbocycles. The predicted molar refractivity (Wildman–Crippen MR) is 59.5 cm³/mol. The van der Waals surface area contributed by atoms with Crippen LogP contribution in [0.25, 0.3) is 0 Å². The van der Waals surface area contributed by atoms with E-state index in [2.05, 4.69) is 0 Å². The topological polar surface area (TPSA) is 55.6 Å². The summed E-state index contributed by atoms with van der Waals surface area (Å²) in [5.74, 6) is 0.111. The second-order valence-electron chi connectivity index (χ2n) is 4.38. The molecule has 2 saturated heterocycles. The summed E-state index contributed by atoms with van der Waals surface area (Å²) in [6.45, 7) is 1.28. The number of likely N-dealkylation sites (tertiary alicyclic amines) is 1. The fourth-order valence-electron chi connectivity index (χ4n) is 2.43. The first kappa shape index (κ1) is 9.66. The molecule has 3 rings (SSSR count). The number of amides is 1. The first-order valence-corrected chi connectivity index (χ1v) is 5.51. The van der Waals surface area contributed by atoms with Crippen LogP contribution in [-0.4, -0.2) is 29.6 Å². The second kappa shape index (κ2) is 3.49. The van der Waals surface area contributed by atoms with Gasteiger partial charge in [0.1, 0.15) is 6.10 Å². The summed E-state index contributed by atoms with van der Waals surface area (Å²) < 4.78 is 5.34. The van der Waals surface area contributed by atoms with Crippen molar-refractivity contribution >= 4 is 11.6 Å². The Kier molecular flexibility index (Phi) is 2.11. The standard InChI is InChI=1S/C12H14N2O2/c13-10-4-2-1-3-8(10)6-14-9-5-11(12(14)15)16-7-9/h1-4,9,11H,5-7,13H2. The van der Waals surface area contributed by atoms with Gasteiger partial charge in [-0.25, -0.2) is 0 Å². The third-order valence-corrected chi connectivity index (χ3v) is 3.37. The zero-order chi connectivity index (χ0) is 11.1. The number of rotatable bonds is 2. The zero-order valence-electron chi connectivity index (χ0n) is 8.93. The number of nitrogens with zero attached hydrogens (tertiary/aromatic N) is 1. The average Bonchev–Trinajstić information content (AvgIpc) is 2.85. The van der Waals surface area contributed by atoms with Crippen molar-refractivity contribution in [1.29, 1.82) is 0 Å². The molecule has 1 amide bonds. The van der Waals surface area contributed by atoms with Gasteiger partial charge in [-0.1, -0.05) is 18.2 Å². The lowest BCUT2D eigenvalue weighted by Gasteiger charge is -2.27. The average molecular weight is 218 g/mol. The smallest absolute Gasteiger partial charge is 0.252 e. The maximum atomic E-state index is 11.8. The number of hydrogen-bond acceptors (Lipinski definition) is 3. The summed E-state index contributed by atoms with van der Waals surface area (Å²) in [4.78, 5) is 13.7. The number of ether oxygens (including phenoxy) is 1. The molecule has 2 fully saturated rings. The molecule has 2 unspecified atom stereocenters. The number of fused-ring (bicyclic) bond motifs is 2. The molecule has 0 aromatic heterocycles. The van der Waals surface area contributed by atoms with E-state index in [0.29, 0.717) is 13.2 Å². The Hall–Kier alpha value is -1.55. The van der Waals surface area contributed by atoms with Crippen molar-refractivity contribution < 1.29 is 9.53 Å². The number of hydrogen-bond donors (Lipinski definition) is 1. The van der Waals surface area contributed by atoms with Crippen LogP contribution in [0.5, 0.6) is 0 Å². The van der Waals surface area contributed by atoms with Crippen molar-refractivity contribution in [3.05, 3.63) is 29.8 Å². The molecule has 2 aliphatic rings. The number of para-hydroxylation sites is 1. The molecule has 0 radical (unpaired) electrons. The van der Waals surface area contributed by atoms with E-state index in [1.54, 1.807) is 0 Å². The fourth-order valence-corrected chi connectivity index (χ4v) is 2.43. The van der Waals surface area contributed by atoms with E-state index in [4.69, 9.17) is 10.5 Å². The Morgan fingerprint density at radius 1 is 1.44 bits per heavy atom. The Morgan fingerprint density at radius 3 is 2.94 bits per heavy atom. The van der Waals surface area contributed by atoms with Gasteiger partial charge in [0.05, 0.1) is 12.6 Å². The molecule has 1 aromatic carbocycles. The van der Waals surface area contributed by atoms with Crippen molar-refractivity contribution in [3.8, 4) is 0 Å². The molecular weight excluding hydrogens is 204 g/mol. The van der Waals surface area contributed by atoms with Crippen LogP contribution in [-0.2, 0) is 16.1 Å². The summed E-state index contributed by atoms with van der Waals surface area (Å²) in [7, 11) is 0. The SMILES string of the molecule is Nc1ccccc1CN1C(=O)C2CC1CO2. The van der Waals surface area contributed by atoms with Gasteiger partial charge in [-0.05, 0) is 11.6 Å². The van der Waals surface area contributed by atoms with Gasteiger partial charge >= 0.3 is 0 Å². The molecule has 2 aliphatic heterocycles. The van der Waals surface area contributed by atoms with Crippen LogP contribution in [0.15, 0.2) is 24.3 Å². The quantitative estimate of drug-likeness (QED) is 0.746. The van der Waals surface area contributed by atoms with Crippen LogP contribution in [0.3, 0.4) is 0 Å². The lowest BCUT2D eigenvalue weighted by atomic mass is 10.1. The zero-order valence-corrected chi connectivity index (χ0v) is 8.93. The molecule has 2 bridgehead atoms. The maximum Gasteiger partial charge on any atom is 0.252 e. The van der Waals surface area contributed by atoms with E-state index in [0.717, 1.165) is 17.7 Å². The molecule has 1 aromatic rings. The minimum Gasteiger partial charge on any atom is -0.398 e. The van der Waals surface area contributed by atoms with Gasteiger partial charge in [0, 0.05) is 18.7 Å². The monoisotopic (exact) mass is 218 g/mol. The minimum atomic E-state index is -0.199. The Labute approximate surface area is 94.0 Å². The number of anilines is 1. The summed E-state index contributed by atoms with van der Waals surface area (Å²) in [6, 6.07) is 7.93. The number of nitrogen functional groups attached to an aromatic ring is 1. The predicted octanol–water partition coefficient (Wildman–Crippen LogP) is 0.768. The first-order valence-electron chi connectivity index (χ1n) is 5.51. The lowest BCUT2D eigenvalue weighted by Crippen LogP contribution is -2.41.